The summed E-state index contributed by atoms with van der Waals surface area (Å²) < 4.78 is 10.2. The summed E-state index contributed by atoms with van der Waals surface area (Å²) in [5.74, 6) is -5.05. The molecular formula is C19H20O10. The van der Waals surface area contributed by atoms with Crippen molar-refractivity contribution in [3.05, 3.63) is 29.8 Å². The number of carboxylic acids is 3. The number of hydrogen-bond donors (Lipinski definition) is 3. The fourth-order valence-corrected chi connectivity index (χ4v) is 2.08. The van der Waals surface area contributed by atoms with Crippen LogP contribution in [0.25, 0.3) is 6.08 Å². The van der Waals surface area contributed by atoms with Crippen LogP contribution in [-0.4, -0.2) is 45.2 Å². The van der Waals surface area contributed by atoms with Gasteiger partial charge >= 0.3 is 29.8 Å². The van der Waals surface area contributed by atoms with Gasteiger partial charge in [0.2, 0.25) is 0 Å². The fourth-order valence-electron chi connectivity index (χ4n) is 2.08. The van der Waals surface area contributed by atoms with Gasteiger partial charge in [-0.15, -0.1) is 0 Å². The van der Waals surface area contributed by atoms with Crippen LogP contribution in [0, 0.1) is 0 Å². The van der Waals surface area contributed by atoms with Gasteiger partial charge in [-0.3, -0.25) is 19.2 Å². The fraction of sp³-hybridized carbons (Fsp3) is 0.316. The van der Waals surface area contributed by atoms with Crippen LogP contribution >= 0.6 is 0 Å². The lowest BCUT2D eigenvalue weighted by Gasteiger charge is -2.11. The number of ether oxygens (including phenoxy) is 2. The highest BCUT2D eigenvalue weighted by atomic mass is 16.6. The molecule has 29 heavy (non-hydrogen) atoms. The molecule has 0 saturated heterocycles. The first-order valence-corrected chi connectivity index (χ1v) is 8.57. The highest BCUT2D eigenvalue weighted by Crippen LogP contribution is 2.30. The molecule has 156 valence electrons. The average molecular weight is 408 g/mol. The average Bonchev–Trinajstić information content (AvgIpc) is 2.61. The molecule has 0 saturated carbocycles. The predicted octanol–water partition coefficient (Wildman–Crippen LogP) is 2.10. The van der Waals surface area contributed by atoms with E-state index in [4.69, 9.17) is 24.8 Å². The van der Waals surface area contributed by atoms with E-state index in [0.717, 1.165) is 6.08 Å². The van der Waals surface area contributed by atoms with Crippen LogP contribution in [0.4, 0.5) is 0 Å². The summed E-state index contributed by atoms with van der Waals surface area (Å²) in [6.45, 7) is 0. The topological polar surface area (TPSA) is 164 Å². The van der Waals surface area contributed by atoms with Gasteiger partial charge in [0.15, 0.2) is 11.5 Å². The van der Waals surface area contributed by atoms with Crippen molar-refractivity contribution in [3.63, 3.8) is 0 Å². The molecule has 10 nitrogen and oxygen atoms in total. The maximum atomic E-state index is 11.9. The Balaban J connectivity index is 2.90. The third kappa shape index (κ3) is 10.3. The zero-order valence-electron chi connectivity index (χ0n) is 15.3. The summed E-state index contributed by atoms with van der Waals surface area (Å²) in [4.78, 5) is 55.4. The highest BCUT2D eigenvalue weighted by Gasteiger charge is 2.15. The molecule has 1 rings (SSSR count). The monoisotopic (exact) mass is 408 g/mol. The van der Waals surface area contributed by atoms with E-state index in [1.54, 1.807) is 0 Å². The molecule has 1 aromatic rings. The maximum Gasteiger partial charge on any atom is 0.328 e. The van der Waals surface area contributed by atoms with Gasteiger partial charge in [-0.05, 0) is 36.6 Å². The van der Waals surface area contributed by atoms with Gasteiger partial charge < -0.3 is 24.8 Å². The molecular weight excluding hydrogens is 388 g/mol. The second-order valence-electron chi connectivity index (χ2n) is 5.82. The molecule has 0 heterocycles. The number of rotatable bonds is 12. The minimum absolute atomic E-state index is 0.0527. The number of aliphatic carboxylic acids is 3. The Morgan fingerprint density at radius 1 is 0.759 bits per heavy atom. The molecule has 0 spiro atoms. The van der Waals surface area contributed by atoms with Gasteiger partial charge in [0.1, 0.15) is 0 Å². The molecule has 0 bridgehead atoms. The third-order valence-electron chi connectivity index (χ3n) is 3.38. The Kier molecular flexibility index (Phi) is 9.59. The lowest BCUT2D eigenvalue weighted by atomic mass is 10.2. The van der Waals surface area contributed by atoms with Crippen molar-refractivity contribution in [3.8, 4) is 11.5 Å². The van der Waals surface area contributed by atoms with Crippen LogP contribution in [-0.2, 0) is 24.0 Å². The van der Waals surface area contributed by atoms with E-state index < -0.39 is 29.8 Å². The molecule has 0 atom stereocenters. The Labute approximate surface area is 165 Å². The van der Waals surface area contributed by atoms with Crippen LogP contribution in [0.5, 0.6) is 11.5 Å². The summed E-state index contributed by atoms with van der Waals surface area (Å²) in [7, 11) is 0. The van der Waals surface area contributed by atoms with Crippen LogP contribution in [0.1, 0.15) is 44.1 Å². The Morgan fingerprint density at radius 2 is 1.28 bits per heavy atom. The smallest absolute Gasteiger partial charge is 0.328 e. The van der Waals surface area contributed by atoms with Gasteiger partial charge in [-0.25, -0.2) is 4.79 Å². The van der Waals surface area contributed by atoms with Crippen molar-refractivity contribution in [1.82, 2.24) is 0 Å². The largest absolute Gasteiger partial charge is 0.481 e. The second-order valence-corrected chi connectivity index (χ2v) is 5.82. The molecule has 3 N–H and O–H groups in total. The SMILES string of the molecule is O=C(O)/C=C/c1ccc(OC(=O)CCCC(=O)O)c(OC(=O)CCCC(=O)O)c1. The third-order valence-corrected chi connectivity index (χ3v) is 3.38. The van der Waals surface area contributed by atoms with E-state index in [-0.39, 0.29) is 50.0 Å². The number of benzene rings is 1. The van der Waals surface area contributed by atoms with Gasteiger partial charge in [-0.2, -0.15) is 0 Å². The minimum Gasteiger partial charge on any atom is -0.481 e. The lowest BCUT2D eigenvalue weighted by Crippen LogP contribution is -2.13. The molecule has 0 amide bonds. The van der Waals surface area contributed by atoms with Gasteiger partial charge in [0.25, 0.3) is 0 Å². The Hall–Kier alpha value is -3.69. The van der Waals surface area contributed by atoms with Crippen LogP contribution < -0.4 is 9.47 Å². The first-order chi connectivity index (χ1) is 13.7. The standard InChI is InChI=1S/C19H20O10/c20-15(21)3-1-5-18(26)28-13-9-7-12(8-10-17(24)25)11-14(13)29-19(27)6-2-4-16(22)23/h7-11H,1-6H2,(H,20,21)(H,22,23)(H,24,25)/b10-8+. The molecule has 0 aliphatic heterocycles. The van der Waals surface area contributed by atoms with E-state index >= 15 is 0 Å². The highest BCUT2D eigenvalue weighted by molar-refractivity contribution is 5.85. The second kappa shape index (κ2) is 11.9. The van der Waals surface area contributed by atoms with E-state index in [9.17, 15) is 24.0 Å². The number of esters is 2. The molecule has 0 unspecified atom stereocenters. The Morgan fingerprint density at radius 3 is 1.76 bits per heavy atom. The summed E-state index contributed by atoms with van der Waals surface area (Å²) >= 11 is 0. The summed E-state index contributed by atoms with van der Waals surface area (Å²) in [5.41, 5.74) is 0.353. The van der Waals surface area contributed by atoms with Crippen molar-refractivity contribution in [2.75, 3.05) is 0 Å². The van der Waals surface area contributed by atoms with E-state index in [2.05, 4.69) is 0 Å². The molecule has 0 aliphatic rings. The molecule has 0 aliphatic carbocycles. The van der Waals surface area contributed by atoms with E-state index in [1.807, 2.05) is 0 Å². The predicted molar refractivity (Wildman–Crippen MR) is 97.4 cm³/mol. The van der Waals surface area contributed by atoms with Crippen molar-refractivity contribution >= 4 is 35.9 Å². The lowest BCUT2D eigenvalue weighted by molar-refractivity contribution is -0.140. The molecule has 1 aromatic carbocycles. The number of carbonyl (C=O) groups is 5. The van der Waals surface area contributed by atoms with Crippen LogP contribution in [0.15, 0.2) is 24.3 Å². The molecule has 0 fully saturated rings. The van der Waals surface area contributed by atoms with Gasteiger partial charge in [0.05, 0.1) is 0 Å². The first kappa shape index (κ1) is 23.3. The summed E-state index contributed by atoms with van der Waals surface area (Å²) in [6.07, 6.45) is 1.44. The van der Waals surface area contributed by atoms with E-state index in [0.29, 0.717) is 5.56 Å². The van der Waals surface area contributed by atoms with Crippen molar-refractivity contribution in [2.24, 2.45) is 0 Å². The van der Waals surface area contributed by atoms with Gasteiger partial charge in [0, 0.05) is 31.8 Å². The Bertz CT molecular complexity index is 809. The van der Waals surface area contributed by atoms with E-state index in [1.165, 1.54) is 24.3 Å². The van der Waals surface area contributed by atoms with Crippen LogP contribution in [0.3, 0.4) is 0 Å². The van der Waals surface area contributed by atoms with Gasteiger partial charge in [-0.1, -0.05) is 6.07 Å². The molecule has 10 heteroatoms. The summed E-state index contributed by atoms with van der Waals surface area (Å²) in [6, 6.07) is 4.02. The number of hydrogen-bond acceptors (Lipinski definition) is 7. The normalized spacial score (nSPS) is 10.5. The summed E-state index contributed by atoms with van der Waals surface area (Å²) in [5, 5.41) is 25.9. The molecule has 0 aromatic heterocycles. The van der Waals surface area contributed by atoms with Crippen LogP contribution in [0.2, 0.25) is 0 Å². The van der Waals surface area contributed by atoms with Crippen molar-refractivity contribution in [1.29, 1.82) is 0 Å². The van der Waals surface area contributed by atoms with Crippen molar-refractivity contribution in [2.45, 2.75) is 38.5 Å². The number of carbonyl (C=O) groups excluding carboxylic acids is 2. The maximum absolute atomic E-state index is 11.9. The number of carboxylic acid groups (broad SMARTS) is 3. The zero-order chi connectivity index (χ0) is 21.8. The quantitative estimate of drug-likeness (QED) is 0.265. The minimum atomic E-state index is -1.19. The first-order valence-electron chi connectivity index (χ1n) is 8.57. The van der Waals surface area contributed by atoms with Crippen molar-refractivity contribution < 1.29 is 48.8 Å². The molecule has 0 radical (unpaired) electrons. The zero-order valence-corrected chi connectivity index (χ0v) is 15.3.